The van der Waals surface area contributed by atoms with Crippen LogP contribution in [0, 0.1) is 18.3 Å². The van der Waals surface area contributed by atoms with Gasteiger partial charge in [-0.2, -0.15) is 5.26 Å². The number of nitriles is 1. The summed E-state index contributed by atoms with van der Waals surface area (Å²) in [6.45, 7) is 6.14. The van der Waals surface area contributed by atoms with E-state index in [1.807, 2.05) is 63.2 Å². The van der Waals surface area contributed by atoms with E-state index in [2.05, 4.69) is 27.3 Å². The molecule has 0 bridgehead atoms. The topological polar surface area (TPSA) is 62.1 Å². The minimum Gasteiger partial charge on any atom is -0.488 e. The normalized spacial score (nSPS) is 11.2. The van der Waals surface area contributed by atoms with Crippen LogP contribution in [0.5, 0.6) is 5.75 Å². The Morgan fingerprint density at radius 1 is 1.31 bits per heavy atom. The molecule has 1 N–H and O–H groups in total. The number of ether oxygens (including phenoxy) is 1. The molecule has 5 heteroatoms. The van der Waals surface area contributed by atoms with Gasteiger partial charge in [-0.1, -0.05) is 45.8 Å². The molecule has 0 saturated heterocycles. The fourth-order valence-corrected chi connectivity index (χ4v) is 2.75. The van der Waals surface area contributed by atoms with E-state index < -0.39 is 5.91 Å². The summed E-state index contributed by atoms with van der Waals surface area (Å²) in [6.07, 6.45) is 1.55. The van der Waals surface area contributed by atoms with Gasteiger partial charge in [-0.15, -0.1) is 0 Å². The summed E-state index contributed by atoms with van der Waals surface area (Å²) in [6, 6.07) is 15.5. The second-order valence-electron chi connectivity index (χ2n) is 6.26. The number of nitrogens with one attached hydrogen (secondary N) is 1. The minimum absolute atomic E-state index is 0.0391. The van der Waals surface area contributed by atoms with E-state index in [1.54, 1.807) is 6.08 Å². The first-order chi connectivity index (χ1) is 12.4. The summed E-state index contributed by atoms with van der Waals surface area (Å²) >= 11 is 3.42. The molecule has 2 rings (SSSR count). The zero-order chi connectivity index (χ0) is 19.1. The Kier molecular flexibility index (Phi) is 6.99. The summed E-state index contributed by atoms with van der Waals surface area (Å²) in [4.78, 5) is 12.1. The molecule has 2 aromatic rings. The van der Waals surface area contributed by atoms with E-state index in [4.69, 9.17) is 4.74 Å². The van der Waals surface area contributed by atoms with E-state index in [0.29, 0.717) is 17.9 Å². The molecular formula is C21H21BrN2O2. The number of benzene rings is 2. The number of amides is 1. The molecule has 0 aliphatic heterocycles. The molecule has 0 fully saturated rings. The second kappa shape index (κ2) is 9.21. The molecule has 0 radical (unpaired) electrons. The summed E-state index contributed by atoms with van der Waals surface area (Å²) in [7, 11) is 0. The third-order valence-electron chi connectivity index (χ3n) is 3.53. The molecule has 0 unspecified atom stereocenters. The van der Waals surface area contributed by atoms with Gasteiger partial charge in [0.25, 0.3) is 5.91 Å². The zero-order valence-corrected chi connectivity index (χ0v) is 16.6. The summed E-state index contributed by atoms with van der Waals surface area (Å²) < 4.78 is 6.77. The molecule has 0 heterocycles. The smallest absolute Gasteiger partial charge is 0.262 e. The van der Waals surface area contributed by atoms with Gasteiger partial charge in [-0.05, 0) is 50.6 Å². The first-order valence-electron chi connectivity index (χ1n) is 8.29. The molecule has 0 aromatic heterocycles. The van der Waals surface area contributed by atoms with Gasteiger partial charge in [0.2, 0.25) is 0 Å². The van der Waals surface area contributed by atoms with Crippen LogP contribution >= 0.6 is 15.9 Å². The Morgan fingerprint density at radius 3 is 2.73 bits per heavy atom. The number of nitrogens with zero attached hydrogens (tertiary/aromatic N) is 1. The second-order valence-corrected chi connectivity index (χ2v) is 7.17. The van der Waals surface area contributed by atoms with Gasteiger partial charge >= 0.3 is 0 Å². The summed E-state index contributed by atoms with van der Waals surface area (Å²) in [5.41, 5.74) is 2.93. The first kappa shape index (κ1) is 19.7. The van der Waals surface area contributed by atoms with Crippen LogP contribution in [0.4, 0.5) is 0 Å². The Bertz CT molecular complexity index is 867. The lowest BCUT2D eigenvalue weighted by atomic mass is 10.1. The largest absolute Gasteiger partial charge is 0.488 e. The average molecular weight is 413 g/mol. The number of hydrogen-bond donors (Lipinski definition) is 1. The van der Waals surface area contributed by atoms with Gasteiger partial charge in [-0.3, -0.25) is 4.79 Å². The van der Waals surface area contributed by atoms with Crippen molar-refractivity contribution in [3.05, 3.63) is 69.2 Å². The van der Waals surface area contributed by atoms with Crippen molar-refractivity contribution in [1.82, 2.24) is 5.32 Å². The van der Waals surface area contributed by atoms with Gasteiger partial charge in [-0.25, -0.2) is 0 Å². The third-order valence-corrected chi connectivity index (χ3v) is 4.03. The predicted octanol–water partition coefficient (Wildman–Crippen LogP) is 4.77. The van der Waals surface area contributed by atoms with Gasteiger partial charge in [0.05, 0.1) is 0 Å². The van der Waals surface area contributed by atoms with Crippen LogP contribution in [0.2, 0.25) is 0 Å². The van der Waals surface area contributed by atoms with E-state index in [-0.39, 0.29) is 11.6 Å². The van der Waals surface area contributed by atoms with Crippen molar-refractivity contribution in [2.24, 2.45) is 0 Å². The Labute approximate surface area is 162 Å². The van der Waals surface area contributed by atoms with Crippen LogP contribution in [0.3, 0.4) is 0 Å². The monoisotopic (exact) mass is 412 g/mol. The maximum absolute atomic E-state index is 12.1. The molecule has 0 aliphatic carbocycles. The molecular weight excluding hydrogens is 392 g/mol. The SMILES string of the molecule is Cc1cccc(COc2ccc(Br)cc2C=C(C#N)C(=O)NC(C)C)c1. The summed E-state index contributed by atoms with van der Waals surface area (Å²) in [5, 5.41) is 12.1. The first-order valence-corrected chi connectivity index (χ1v) is 9.09. The lowest BCUT2D eigenvalue weighted by molar-refractivity contribution is -0.117. The Balaban J connectivity index is 2.27. The molecule has 0 aliphatic rings. The highest BCUT2D eigenvalue weighted by molar-refractivity contribution is 9.10. The van der Waals surface area contributed by atoms with Gasteiger partial charge in [0.1, 0.15) is 24.0 Å². The molecule has 26 heavy (non-hydrogen) atoms. The number of carbonyl (C=O) groups is 1. The molecule has 0 atom stereocenters. The van der Waals surface area contributed by atoms with Crippen LogP contribution < -0.4 is 10.1 Å². The number of rotatable bonds is 6. The van der Waals surface area contributed by atoms with Crippen molar-refractivity contribution in [2.45, 2.75) is 33.4 Å². The maximum Gasteiger partial charge on any atom is 0.262 e. The lowest BCUT2D eigenvalue weighted by Crippen LogP contribution is -2.30. The molecule has 2 aromatic carbocycles. The number of hydrogen-bond acceptors (Lipinski definition) is 3. The lowest BCUT2D eigenvalue weighted by Gasteiger charge is -2.11. The van der Waals surface area contributed by atoms with E-state index in [0.717, 1.165) is 10.0 Å². The maximum atomic E-state index is 12.1. The van der Waals surface area contributed by atoms with Crippen molar-refractivity contribution < 1.29 is 9.53 Å². The number of halogens is 1. The van der Waals surface area contributed by atoms with Crippen LogP contribution in [-0.2, 0) is 11.4 Å². The summed E-state index contributed by atoms with van der Waals surface area (Å²) in [5.74, 6) is 0.215. The minimum atomic E-state index is -0.396. The quantitative estimate of drug-likeness (QED) is 0.548. The molecule has 134 valence electrons. The number of aryl methyl sites for hydroxylation is 1. The average Bonchev–Trinajstić information content (AvgIpc) is 2.58. The molecule has 1 amide bonds. The highest BCUT2D eigenvalue weighted by Gasteiger charge is 2.12. The van der Waals surface area contributed by atoms with Crippen molar-refractivity contribution >= 4 is 27.9 Å². The van der Waals surface area contributed by atoms with Gasteiger partial charge in [0, 0.05) is 16.1 Å². The number of carbonyl (C=O) groups excluding carboxylic acids is 1. The highest BCUT2D eigenvalue weighted by atomic mass is 79.9. The third kappa shape index (κ3) is 5.75. The van der Waals surface area contributed by atoms with E-state index in [9.17, 15) is 10.1 Å². The van der Waals surface area contributed by atoms with Crippen LogP contribution in [0.1, 0.15) is 30.5 Å². The molecule has 4 nitrogen and oxygen atoms in total. The van der Waals surface area contributed by atoms with Crippen molar-refractivity contribution in [3.63, 3.8) is 0 Å². The van der Waals surface area contributed by atoms with Gasteiger partial charge < -0.3 is 10.1 Å². The van der Waals surface area contributed by atoms with Crippen molar-refractivity contribution in [2.75, 3.05) is 0 Å². The highest BCUT2D eigenvalue weighted by Crippen LogP contribution is 2.26. The fraction of sp³-hybridized carbons (Fsp3) is 0.238. The van der Waals surface area contributed by atoms with Crippen molar-refractivity contribution in [1.29, 1.82) is 5.26 Å². The Morgan fingerprint density at radius 2 is 2.08 bits per heavy atom. The zero-order valence-electron chi connectivity index (χ0n) is 15.0. The van der Waals surface area contributed by atoms with E-state index in [1.165, 1.54) is 5.56 Å². The van der Waals surface area contributed by atoms with Gasteiger partial charge in [0.15, 0.2) is 0 Å². The van der Waals surface area contributed by atoms with Crippen LogP contribution in [0.25, 0.3) is 6.08 Å². The molecule has 0 saturated carbocycles. The predicted molar refractivity (Wildman–Crippen MR) is 107 cm³/mol. The van der Waals surface area contributed by atoms with E-state index >= 15 is 0 Å². The fourth-order valence-electron chi connectivity index (χ4n) is 2.37. The van der Waals surface area contributed by atoms with Crippen LogP contribution in [-0.4, -0.2) is 11.9 Å². The van der Waals surface area contributed by atoms with Crippen LogP contribution in [0.15, 0.2) is 52.5 Å². The standard InChI is InChI=1S/C21H21BrN2O2/c1-14(2)24-21(25)18(12-23)10-17-11-19(22)7-8-20(17)26-13-16-6-4-5-15(3)9-16/h4-11,14H,13H2,1-3H3,(H,24,25). The van der Waals surface area contributed by atoms with Crippen molar-refractivity contribution in [3.8, 4) is 11.8 Å². The molecule has 0 spiro atoms. The Hall–Kier alpha value is -2.58.